The normalized spacial score (nSPS) is 12.9. The fourth-order valence-electron chi connectivity index (χ4n) is 4.68. The van der Waals surface area contributed by atoms with Gasteiger partial charge in [0.2, 0.25) is 5.91 Å². The fourth-order valence-corrected chi connectivity index (χ4v) is 5.41. The molecule has 1 atom stereocenters. The van der Waals surface area contributed by atoms with Crippen molar-refractivity contribution >= 4 is 29.7 Å². The zero-order valence-electron chi connectivity index (χ0n) is 22.6. The highest BCUT2D eigenvalue weighted by molar-refractivity contribution is 7.99. The first-order chi connectivity index (χ1) is 18.8. The monoisotopic (exact) mass is 550 g/mol. The first kappa shape index (κ1) is 28.2. The van der Waals surface area contributed by atoms with Gasteiger partial charge in [0.05, 0.1) is 12.9 Å². The molecule has 206 valence electrons. The second-order valence-electron chi connectivity index (χ2n) is 9.59. The standard InChI is InChI=1S/C29H34N4O5S/c1-18(2)27-32-26(15-33(27)19(3)28(35)37-4)39-17-25(34)30-13-14-31-29(36)38-16-24-22-11-7-5-9-20(22)21-10-6-8-12-23(21)24/h5-12,15,18-19,24H,13-14,16-17H2,1-4H3,(H,30,34)(H,31,36)/t19-/m0/s1. The highest BCUT2D eigenvalue weighted by Crippen LogP contribution is 2.44. The molecule has 1 aliphatic carbocycles. The number of imidazole rings is 1. The van der Waals surface area contributed by atoms with Crippen LogP contribution < -0.4 is 10.6 Å². The number of carbonyl (C=O) groups is 3. The molecule has 0 saturated heterocycles. The molecule has 0 aliphatic heterocycles. The van der Waals surface area contributed by atoms with Crippen LogP contribution in [0.2, 0.25) is 0 Å². The molecule has 10 heteroatoms. The zero-order chi connectivity index (χ0) is 27.9. The maximum atomic E-state index is 12.3. The molecular weight excluding hydrogens is 516 g/mol. The minimum absolute atomic E-state index is 0.00447. The molecule has 0 bridgehead atoms. The number of hydrogen-bond donors (Lipinski definition) is 2. The maximum absolute atomic E-state index is 12.3. The van der Waals surface area contributed by atoms with E-state index >= 15 is 0 Å². The smallest absolute Gasteiger partial charge is 0.407 e. The van der Waals surface area contributed by atoms with E-state index in [1.807, 2.05) is 38.1 Å². The van der Waals surface area contributed by atoms with Crippen LogP contribution in [0, 0.1) is 0 Å². The van der Waals surface area contributed by atoms with Crippen molar-refractivity contribution in [1.82, 2.24) is 20.2 Å². The van der Waals surface area contributed by atoms with E-state index < -0.39 is 12.1 Å². The lowest BCUT2D eigenvalue weighted by molar-refractivity contribution is -0.144. The lowest BCUT2D eigenvalue weighted by Crippen LogP contribution is -2.36. The maximum Gasteiger partial charge on any atom is 0.407 e. The molecule has 0 unspecified atom stereocenters. The number of ether oxygens (including phenoxy) is 2. The second-order valence-corrected chi connectivity index (χ2v) is 10.6. The summed E-state index contributed by atoms with van der Waals surface area (Å²) >= 11 is 1.28. The number of nitrogens with zero attached hydrogens (tertiary/aromatic N) is 2. The Morgan fingerprint density at radius 1 is 0.974 bits per heavy atom. The zero-order valence-corrected chi connectivity index (χ0v) is 23.4. The average molecular weight is 551 g/mol. The van der Waals surface area contributed by atoms with Crippen molar-refractivity contribution in [3.05, 3.63) is 71.7 Å². The van der Waals surface area contributed by atoms with Crippen LogP contribution in [-0.2, 0) is 19.1 Å². The molecule has 4 rings (SSSR count). The van der Waals surface area contributed by atoms with Gasteiger partial charge in [0.1, 0.15) is 23.5 Å². The van der Waals surface area contributed by atoms with Crippen LogP contribution in [0.4, 0.5) is 4.79 Å². The Morgan fingerprint density at radius 3 is 2.21 bits per heavy atom. The molecule has 9 nitrogen and oxygen atoms in total. The van der Waals surface area contributed by atoms with Crippen molar-refractivity contribution in [1.29, 1.82) is 0 Å². The number of carbonyl (C=O) groups excluding carboxylic acids is 3. The average Bonchev–Trinajstić information content (AvgIpc) is 3.52. The van der Waals surface area contributed by atoms with Gasteiger partial charge in [0.15, 0.2) is 0 Å². The number of hydrogen-bond acceptors (Lipinski definition) is 7. The molecular formula is C29H34N4O5S. The van der Waals surface area contributed by atoms with E-state index in [-0.39, 0.29) is 49.2 Å². The van der Waals surface area contributed by atoms with Crippen LogP contribution in [0.15, 0.2) is 59.8 Å². The lowest BCUT2D eigenvalue weighted by Gasteiger charge is -2.15. The first-order valence-electron chi connectivity index (χ1n) is 12.9. The second kappa shape index (κ2) is 12.8. The van der Waals surface area contributed by atoms with Gasteiger partial charge in [-0.15, -0.1) is 0 Å². The summed E-state index contributed by atoms with van der Waals surface area (Å²) in [4.78, 5) is 41.2. The van der Waals surface area contributed by atoms with Gasteiger partial charge in [0, 0.05) is 31.1 Å². The van der Waals surface area contributed by atoms with E-state index in [1.54, 1.807) is 17.7 Å². The van der Waals surface area contributed by atoms with Gasteiger partial charge >= 0.3 is 12.1 Å². The SMILES string of the molecule is COC(=O)[C@H](C)n1cc(SCC(=O)NCCNC(=O)OCC2c3ccccc3-c3ccccc32)nc1C(C)C. The van der Waals surface area contributed by atoms with E-state index in [9.17, 15) is 14.4 Å². The van der Waals surface area contributed by atoms with E-state index in [4.69, 9.17) is 9.47 Å². The van der Waals surface area contributed by atoms with Crippen LogP contribution in [0.3, 0.4) is 0 Å². The molecule has 1 aromatic heterocycles. The molecule has 2 N–H and O–H groups in total. The van der Waals surface area contributed by atoms with Crippen LogP contribution >= 0.6 is 11.8 Å². The molecule has 0 radical (unpaired) electrons. The van der Waals surface area contributed by atoms with Gasteiger partial charge in [-0.1, -0.05) is 74.1 Å². The number of alkyl carbamates (subject to hydrolysis) is 1. The number of aromatic nitrogens is 2. The molecule has 39 heavy (non-hydrogen) atoms. The molecule has 0 fully saturated rings. The topological polar surface area (TPSA) is 112 Å². The number of nitrogens with one attached hydrogen (secondary N) is 2. The molecule has 1 heterocycles. The Labute approximate surface area is 232 Å². The van der Waals surface area contributed by atoms with Crippen molar-refractivity contribution in [2.75, 3.05) is 32.6 Å². The van der Waals surface area contributed by atoms with Crippen molar-refractivity contribution in [2.24, 2.45) is 0 Å². The summed E-state index contributed by atoms with van der Waals surface area (Å²) in [5.74, 6) is 0.470. The summed E-state index contributed by atoms with van der Waals surface area (Å²) in [5, 5.41) is 6.13. The third kappa shape index (κ3) is 6.62. The van der Waals surface area contributed by atoms with Crippen LogP contribution in [-0.4, -0.2) is 60.1 Å². The third-order valence-corrected chi connectivity index (χ3v) is 7.53. The summed E-state index contributed by atoms with van der Waals surface area (Å²) in [6, 6.07) is 15.8. The molecule has 0 saturated carbocycles. The number of esters is 1. The Kier molecular flexibility index (Phi) is 9.29. The Bertz CT molecular complexity index is 1290. The summed E-state index contributed by atoms with van der Waals surface area (Å²) in [5.41, 5.74) is 4.66. The molecule has 2 amide bonds. The molecule has 1 aliphatic rings. The molecule has 0 spiro atoms. The number of rotatable bonds is 11. The Balaban J connectivity index is 1.19. The number of thioether (sulfide) groups is 1. The van der Waals surface area contributed by atoms with Gasteiger partial charge in [-0.2, -0.15) is 0 Å². The van der Waals surface area contributed by atoms with Gasteiger partial charge in [0.25, 0.3) is 0 Å². The van der Waals surface area contributed by atoms with Gasteiger partial charge in [-0.3, -0.25) is 4.79 Å². The molecule has 2 aromatic carbocycles. The number of benzene rings is 2. The van der Waals surface area contributed by atoms with Gasteiger partial charge < -0.3 is 24.7 Å². The van der Waals surface area contributed by atoms with Crippen molar-refractivity contribution < 1.29 is 23.9 Å². The van der Waals surface area contributed by atoms with E-state index in [0.717, 1.165) is 17.0 Å². The predicted octanol–water partition coefficient (Wildman–Crippen LogP) is 4.49. The quantitative estimate of drug-likeness (QED) is 0.206. The van der Waals surface area contributed by atoms with Crippen LogP contribution in [0.5, 0.6) is 0 Å². The number of methoxy groups -OCH3 is 1. The number of fused-ring (bicyclic) bond motifs is 3. The lowest BCUT2D eigenvalue weighted by atomic mass is 9.98. The van der Waals surface area contributed by atoms with Crippen molar-refractivity contribution in [2.45, 2.75) is 43.7 Å². The summed E-state index contributed by atoms with van der Waals surface area (Å²) in [6.45, 7) is 6.50. The minimum atomic E-state index is -0.521. The minimum Gasteiger partial charge on any atom is -0.467 e. The largest absolute Gasteiger partial charge is 0.467 e. The highest BCUT2D eigenvalue weighted by atomic mass is 32.2. The van der Waals surface area contributed by atoms with Crippen molar-refractivity contribution in [3.8, 4) is 11.1 Å². The van der Waals surface area contributed by atoms with E-state index in [1.165, 1.54) is 30.0 Å². The first-order valence-corrected chi connectivity index (χ1v) is 13.9. The number of amides is 2. The van der Waals surface area contributed by atoms with Gasteiger partial charge in [-0.25, -0.2) is 14.6 Å². The van der Waals surface area contributed by atoms with Gasteiger partial charge in [-0.05, 0) is 29.2 Å². The summed E-state index contributed by atoms with van der Waals surface area (Å²) in [7, 11) is 1.35. The third-order valence-electron chi connectivity index (χ3n) is 6.63. The Hall–Kier alpha value is -3.79. The summed E-state index contributed by atoms with van der Waals surface area (Å²) < 4.78 is 12.2. The van der Waals surface area contributed by atoms with Crippen molar-refractivity contribution in [3.63, 3.8) is 0 Å². The summed E-state index contributed by atoms with van der Waals surface area (Å²) in [6.07, 6.45) is 1.25. The van der Waals surface area contributed by atoms with E-state index in [0.29, 0.717) is 5.03 Å². The van der Waals surface area contributed by atoms with Crippen LogP contribution in [0.25, 0.3) is 11.1 Å². The highest BCUT2D eigenvalue weighted by Gasteiger charge is 2.29. The Morgan fingerprint density at radius 2 is 1.59 bits per heavy atom. The van der Waals surface area contributed by atoms with Crippen LogP contribution in [0.1, 0.15) is 55.6 Å². The van der Waals surface area contributed by atoms with E-state index in [2.05, 4.69) is 39.9 Å². The fraction of sp³-hybridized carbons (Fsp3) is 0.379. The predicted molar refractivity (Wildman–Crippen MR) is 150 cm³/mol. The molecule has 3 aromatic rings.